The fourth-order valence-electron chi connectivity index (χ4n) is 3.33. The third-order valence-electron chi connectivity index (χ3n) is 4.44. The molecule has 0 atom stereocenters. The van der Waals surface area contributed by atoms with Crippen LogP contribution in [0.15, 0.2) is 36.4 Å². The van der Waals surface area contributed by atoms with Crippen LogP contribution in [0.2, 0.25) is 0 Å². The van der Waals surface area contributed by atoms with E-state index in [2.05, 4.69) is 0 Å². The Kier molecular flexibility index (Phi) is 3.77. The summed E-state index contributed by atoms with van der Waals surface area (Å²) in [5.74, 6) is -0.446. The zero-order valence-electron chi connectivity index (χ0n) is 13.1. The van der Waals surface area contributed by atoms with E-state index in [0.29, 0.717) is 24.5 Å². The van der Waals surface area contributed by atoms with Gasteiger partial charge in [-0.3, -0.25) is 0 Å². The second-order valence-corrected chi connectivity index (χ2v) is 5.83. The van der Waals surface area contributed by atoms with Crippen molar-refractivity contribution >= 4 is 11.4 Å². The summed E-state index contributed by atoms with van der Waals surface area (Å²) in [5, 5.41) is 0. The highest BCUT2D eigenvalue weighted by Crippen LogP contribution is 2.34. The van der Waals surface area contributed by atoms with Crippen molar-refractivity contribution < 1.29 is 8.78 Å². The molecule has 1 heterocycles. The van der Waals surface area contributed by atoms with Gasteiger partial charge in [-0.2, -0.15) is 0 Å². The monoisotopic (exact) mass is 302 g/mol. The summed E-state index contributed by atoms with van der Waals surface area (Å²) < 4.78 is 28.5. The van der Waals surface area contributed by atoms with E-state index in [1.54, 1.807) is 12.1 Å². The smallest absolute Gasteiger partial charge is 0.146 e. The third-order valence-corrected chi connectivity index (χ3v) is 4.44. The second-order valence-electron chi connectivity index (χ2n) is 5.83. The van der Waals surface area contributed by atoms with Gasteiger partial charge in [0.25, 0.3) is 0 Å². The molecule has 4 heteroatoms. The predicted octanol–water partition coefficient (Wildman–Crippen LogP) is 4.25. The molecule has 0 saturated carbocycles. The van der Waals surface area contributed by atoms with E-state index in [0.717, 1.165) is 11.1 Å². The molecule has 1 aliphatic heterocycles. The Morgan fingerprint density at radius 2 is 1.23 bits per heavy atom. The van der Waals surface area contributed by atoms with Crippen molar-refractivity contribution in [3.63, 3.8) is 0 Å². The molecule has 0 amide bonds. The molecule has 0 radical (unpaired) electrons. The van der Waals surface area contributed by atoms with Gasteiger partial charge in [-0.15, -0.1) is 0 Å². The Morgan fingerprint density at radius 3 is 1.59 bits per heavy atom. The lowest BCUT2D eigenvalue weighted by Gasteiger charge is -2.31. The van der Waals surface area contributed by atoms with Crippen LogP contribution in [0.25, 0.3) is 0 Å². The molecule has 0 aromatic heterocycles. The minimum absolute atomic E-state index is 0.0915. The van der Waals surface area contributed by atoms with E-state index < -0.39 is 0 Å². The van der Waals surface area contributed by atoms with Gasteiger partial charge in [-0.1, -0.05) is 24.3 Å². The molecule has 0 unspecified atom stereocenters. The maximum atomic E-state index is 14.2. The molecule has 1 saturated heterocycles. The van der Waals surface area contributed by atoms with Gasteiger partial charge in [0.1, 0.15) is 11.6 Å². The average molecular weight is 302 g/mol. The Morgan fingerprint density at radius 1 is 0.818 bits per heavy atom. The number of para-hydroxylation sites is 2. The Labute approximate surface area is 130 Å². The third kappa shape index (κ3) is 2.32. The molecule has 1 aliphatic rings. The van der Waals surface area contributed by atoms with Crippen molar-refractivity contribution in [1.29, 1.82) is 0 Å². The van der Waals surface area contributed by atoms with E-state index in [9.17, 15) is 8.78 Å². The molecule has 22 heavy (non-hydrogen) atoms. The fourth-order valence-corrected chi connectivity index (χ4v) is 3.33. The van der Waals surface area contributed by atoms with Crippen LogP contribution >= 0.6 is 0 Å². The summed E-state index contributed by atoms with van der Waals surface area (Å²) in [6.45, 7) is 7.16. The minimum atomic E-state index is -0.223. The Hall–Kier alpha value is -2.10. The number of benzene rings is 2. The van der Waals surface area contributed by atoms with Crippen LogP contribution in [0, 0.1) is 25.5 Å². The number of hydrogen-bond acceptors (Lipinski definition) is 2. The lowest BCUT2D eigenvalue weighted by Crippen LogP contribution is -2.37. The molecule has 2 aromatic rings. The van der Waals surface area contributed by atoms with Crippen LogP contribution in [0.5, 0.6) is 0 Å². The summed E-state index contributed by atoms with van der Waals surface area (Å²) in [7, 11) is 0. The van der Waals surface area contributed by atoms with Crippen molar-refractivity contribution in [2.75, 3.05) is 22.9 Å². The van der Waals surface area contributed by atoms with Gasteiger partial charge in [0, 0.05) is 13.1 Å². The van der Waals surface area contributed by atoms with E-state index in [1.165, 1.54) is 12.1 Å². The Bertz CT molecular complexity index is 599. The van der Waals surface area contributed by atoms with E-state index in [4.69, 9.17) is 0 Å². The van der Waals surface area contributed by atoms with Crippen LogP contribution in [-0.4, -0.2) is 19.3 Å². The molecule has 116 valence electrons. The van der Waals surface area contributed by atoms with Crippen molar-refractivity contribution in [2.24, 2.45) is 0 Å². The fraction of sp³-hybridized carbons (Fsp3) is 0.333. The highest BCUT2D eigenvalue weighted by atomic mass is 19.1. The number of rotatable bonds is 2. The average Bonchev–Trinajstić information content (AvgIpc) is 2.81. The number of halogens is 2. The normalized spacial score (nSPS) is 15.7. The number of hydrogen-bond donors (Lipinski definition) is 0. The van der Waals surface area contributed by atoms with Gasteiger partial charge in [-0.25, -0.2) is 8.78 Å². The molecule has 0 bridgehead atoms. The zero-order valence-corrected chi connectivity index (χ0v) is 13.1. The van der Waals surface area contributed by atoms with Gasteiger partial charge in [0.15, 0.2) is 0 Å². The van der Waals surface area contributed by atoms with Crippen LogP contribution in [-0.2, 0) is 0 Å². The van der Waals surface area contributed by atoms with Gasteiger partial charge in [0.2, 0.25) is 0 Å². The summed E-state index contributed by atoms with van der Waals surface area (Å²) in [5.41, 5.74) is 3.04. The molecule has 1 fully saturated rings. The predicted molar refractivity (Wildman–Crippen MR) is 86.4 cm³/mol. The highest BCUT2D eigenvalue weighted by Gasteiger charge is 2.32. The van der Waals surface area contributed by atoms with Gasteiger partial charge in [-0.05, 0) is 44.0 Å². The first-order chi connectivity index (χ1) is 10.5. The Balaban J connectivity index is 1.98. The molecule has 0 spiro atoms. The first kappa shape index (κ1) is 14.8. The van der Waals surface area contributed by atoms with Crippen molar-refractivity contribution in [3.8, 4) is 0 Å². The molecule has 3 rings (SSSR count). The van der Waals surface area contributed by atoms with E-state index in [1.807, 2.05) is 42.7 Å². The summed E-state index contributed by atoms with van der Waals surface area (Å²) >= 11 is 0. The molecular weight excluding hydrogens is 282 g/mol. The van der Waals surface area contributed by atoms with E-state index in [-0.39, 0.29) is 17.8 Å². The zero-order chi connectivity index (χ0) is 15.9. The minimum Gasteiger partial charge on any atom is -0.347 e. The summed E-state index contributed by atoms with van der Waals surface area (Å²) in [6, 6.07) is 10.2. The number of aryl methyl sites for hydroxylation is 2. The number of nitrogens with zero attached hydrogens (tertiary/aromatic N) is 2. The molecule has 0 N–H and O–H groups in total. The maximum Gasteiger partial charge on any atom is 0.146 e. The van der Waals surface area contributed by atoms with Gasteiger partial charge >= 0.3 is 0 Å². The highest BCUT2D eigenvalue weighted by molar-refractivity contribution is 5.62. The lowest BCUT2D eigenvalue weighted by molar-refractivity contribution is 0.601. The topological polar surface area (TPSA) is 6.48 Å². The first-order valence-electron chi connectivity index (χ1n) is 7.54. The summed E-state index contributed by atoms with van der Waals surface area (Å²) in [4.78, 5) is 4.02. The van der Waals surface area contributed by atoms with Gasteiger partial charge in [0.05, 0.1) is 17.5 Å². The largest absolute Gasteiger partial charge is 0.347 e. The summed E-state index contributed by atoms with van der Waals surface area (Å²) in [6.07, 6.45) is -0.0915. The SMILES string of the molecule is Cc1cccc(F)c1N1CCN(c2c(C)cccc2F)C1C. The van der Waals surface area contributed by atoms with Crippen molar-refractivity contribution in [1.82, 2.24) is 0 Å². The van der Waals surface area contributed by atoms with Crippen LogP contribution < -0.4 is 9.80 Å². The van der Waals surface area contributed by atoms with Crippen molar-refractivity contribution in [3.05, 3.63) is 59.2 Å². The molecule has 2 aromatic carbocycles. The first-order valence-corrected chi connectivity index (χ1v) is 7.54. The van der Waals surface area contributed by atoms with Crippen LogP contribution in [0.3, 0.4) is 0 Å². The molecule has 2 nitrogen and oxygen atoms in total. The number of anilines is 2. The second kappa shape index (κ2) is 5.59. The van der Waals surface area contributed by atoms with Crippen molar-refractivity contribution in [2.45, 2.75) is 26.9 Å². The quantitative estimate of drug-likeness (QED) is 0.818. The maximum absolute atomic E-state index is 14.2. The lowest BCUT2D eigenvalue weighted by atomic mass is 10.1. The van der Waals surface area contributed by atoms with Crippen LogP contribution in [0.4, 0.5) is 20.2 Å². The van der Waals surface area contributed by atoms with Crippen LogP contribution in [0.1, 0.15) is 18.1 Å². The molecular formula is C18H20F2N2. The van der Waals surface area contributed by atoms with E-state index >= 15 is 0 Å². The standard InChI is InChI=1S/C18H20F2N2/c1-12-6-4-8-15(19)17(12)21-10-11-22(14(21)3)18-13(2)7-5-9-16(18)20/h4-9,14H,10-11H2,1-3H3. The molecule has 0 aliphatic carbocycles. The van der Waals surface area contributed by atoms with Gasteiger partial charge < -0.3 is 9.80 Å².